The van der Waals surface area contributed by atoms with Gasteiger partial charge in [-0.25, -0.2) is 9.37 Å². The van der Waals surface area contributed by atoms with Crippen LogP contribution in [0.1, 0.15) is 15.9 Å². The number of benzene rings is 3. The van der Waals surface area contributed by atoms with Crippen LogP contribution in [-0.4, -0.2) is 10.9 Å². The van der Waals surface area contributed by atoms with Gasteiger partial charge in [-0.3, -0.25) is 10.1 Å². The summed E-state index contributed by atoms with van der Waals surface area (Å²) < 4.78 is 13.3. The normalized spacial score (nSPS) is 10.6. The predicted octanol–water partition coefficient (Wildman–Crippen LogP) is 6.18. The van der Waals surface area contributed by atoms with Crippen LogP contribution in [0.4, 0.5) is 9.52 Å². The number of carbonyl (C=O) groups is 1. The van der Waals surface area contributed by atoms with Gasteiger partial charge in [0.05, 0.1) is 10.6 Å². The minimum absolute atomic E-state index is 0.206. The molecular formula is C23H17FN2OS. The summed E-state index contributed by atoms with van der Waals surface area (Å²) in [6.07, 6.45) is 0. The van der Waals surface area contributed by atoms with Gasteiger partial charge in [-0.15, -0.1) is 0 Å². The molecule has 5 heteroatoms. The monoisotopic (exact) mass is 388 g/mol. The maximum Gasteiger partial charge on any atom is 0.257 e. The second kappa shape index (κ2) is 7.74. The molecule has 0 aliphatic rings. The Labute approximate surface area is 166 Å². The molecule has 0 fully saturated rings. The van der Waals surface area contributed by atoms with E-state index in [0.717, 1.165) is 27.3 Å². The third kappa shape index (κ3) is 3.85. The van der Waals surface area contributed by atoms with Gasteiger partial charge in [-0.1, -0.05) is 59.4 Å². The second-order valence-corrected chi connectivity index (χ2v) is 7.39. The quantitative estimate of drug-likeness (QED) is 0.454. The molecule has 1 N–H and O–H groups in total. The number of nitrogens with zero attached hydrogens (tertiary/aromatic N) is 1. The average molecular weight is 388 g/mol. The van der Waals surface area contributed by atoms with E-state index < -0.39 is 0 Å². The molecule has 0 saturated heterocycles. The van der Waals surface area contributed by atoms with Crippen LogP contribution in [0.25, 0.3) is 21.7 Å². The third-order valence-electron chi connectivity index (χ3n) is 4.28. The summed E-state index contributed by atoms with van der Waals surface area (Å²) >= 11 is 1.40. The van der Waals surface area contributed by atoms with Crippen LogP contribution < -0.4 is 5.32 Å². The van der Waals surface area contributed by atoms with Crippen molar-refractivity contribution in [1.29, 1.82) is 0 Å². The first-order chi connectivity index (χ1) is 13.6. The van der Waals surface area contributed by atoms with E-state index in [1.807, 2.05) is 55.5 Å². The van der Waals surface area contributed by atoms with Crippen LogP contribution in [0.5, 0.6) is 0 Å². The number of hydrogen-bond donors (Lipinski definition) is 1. The Balaban J connectivity index is 1.73. The molecule has 1 heterocycles. The highest BCUT2D eigenvalue weighted by Crippen LogP contribution is 2.39. The molecule has 4 aromatic rings. The molecule has 3 nitrogen and oxygen atoms in total. The largest absolute Gasteiger partial charge is 0.298 e. The molecule has 4 rings (SSSR count). The number of halogens is 1. The van der Waals surface area contributed by atoms with Crippen LogP contribution in [0.15, 0.2) is 78.9 Å². The zero-order chi connectivity index (χ0) is 19.5. The molecule has 0 aliphatic carbocycles. The topological polar surface area (TPSA) is 42.0 Å². The summed E-state index contributed by atoms with van der Waals surface area (Å²) in [4.78, 5) is 18.2. The molecular weight excluding hydrogens is 371 g/mol. The number of thiazole rings is 1. The second-order valence-electron chi connectivity index (χ2n) is 6.39. The molecule has 138 valence electrons. The Morgan fingerprint density at radius 2 is 1.68 bits per heavy atom. The van der Waals surface area contributed by atoms with Crippen LogP contribution in [0.2, 0.25) is 0 Å². The maximum atomic E-state index is 13.3. The predicted molar refractivity (Wildman–Crippen MR) is 112 cm³/mol. The number of carbonyl (C=O) groups excluding carboxylic acids is 1. The first-order valence-corrected chi connectivity index (χ1v) is 9.62. The lowest BCUT2D eigenvalue weighted by molar-refractivity contribution is 0.102. The van der Waals surface area contributed by atoms with Gasteiger partial charge in [-0.2, -0.15) is 0 Å². The summed E-state index contributed by atoms with van der Waals surface area (Å²) in [5.41, 5.74) is 4.11. The Bertz CT molecular complexity index is 1120. The van der Waals surface area contributed by atoms with Crippen molar-refractivity contribution in [3.05, 3.63) is 95.8 Å². The van der Waals surface area contributed by atoms with Crippen molar-refractivity contribution in [1.82, 2.24) is 4.98 Å². The van der Waals surface area contributed by atoms with Crippen LogP contribution in [0.3, 0.4) is 0 Å². The highest BCUT2D eigenvalue weighted by atomic mass is 32.1. The van der Waals surface area contributed by atoms with Gasteiger partial charge in [0, 0.05) is 11.1 Å². The highest BCUT2D eigenvalue weighted by molar-refractivity contribution is 7.19. The standard InChI is InChI=1S/C23H17FN2OS/c1-15-6-5-9-18(14-15)22(27)26-23-25-20(16-10-12-19(24)13-11-16)21(28-23)17-7-3-2-4-8-17/h2-14H,1H3,(H,25,26,27). The van der Waals surface area contributed by atoms with Crippen LogP contribution in [0, 0.1) is 12.7 Å². The molecule has 1 amide bonds. The number of rotatable bonds is 4. The van der Waals surface area contributed by atoms with Crippen molar-refractivity contribution in [3.8, 4) is 21.7 Å². The van der Waals surface area contributed by atoms with Crippen molar-refractivity contribution >= 4 is 22.4 Å². The van der Waals surface area contributed by atoms with Gasteiger partial charge in [0.15, 0.2) is 5.13 Å². The molecule has 0 unspecified atom stereocenters. The molecule has 28 heavy (non-hydrogen) atoms. The number of nitrogens with one attached hydrogen (secondary N) is 1. The average Bonchev–Trinajstić information content (AvgIpc) is 3.13. The van der Waals surface area contributed by atoms with E-state index in [9.17, 15) is 9.18 Å². The molecule has 0 aliphatic heterocycles. The molecule has 0 atom stereocenters. The van der Waals surface area contributed by atoms with E-state index in [1.165, 1.54) is 23.5 Å². The molecule has 1 aromatic heterocycles. The molecule has 0 radical (unpaired) electrons. The van der Waals surface area contributed by atoms with Crippen molar-refractivity contribution in [2.45, 2.75) is 6.92 Å². The van der Waals surface area contributed by atoms with E-state index in [2.05, 4.69) is 10.3 Å². The van der Waals surface area contributed by atoms with Gasteiger partial charge >= 0.3 is 0 Å². The fourth-order valence-corrected chi connectivity index (χ4v) is 3.91. The van der Waals surface area contributed by atoms with Crippen LogP contribution >= 0.6 is 11.3 Å². The summed E-state index contributed by atoms with van der Waals surface area (Å²) in [5.74, 6) is -0.504. The number of anilines is 1. The number of aryl methyl sites for hydroxylation is 1. The van der Waals surface area contributed by atoms with E-state index in [1.54, 1.807) is 18.2 Å². The minimum Gasteiger partial charge on any atom is -0.298 e. The van der Waals surface area contributed by atoms with Gasteiger partial charge in [0.1, 0.15) is 5.82 Å². The van der Waals surface area contributed by atoms with Crippen LogP contribution in [-0.2, 0) is 0 Å². The molecule has 3 aromatic carbocycles. The lowest BCUT2D eigenvalue weighted by Crippen LogP contribution is -2.11. The number of aromatic nitrogens is 1. The molecule has 0 saturated carbocycles. The van der Waals surface area contributed by atoms with Crippen molar-refractivity contribution in [3.63, 3.8) is 0 Å². The maximum absolute atomic E-state index is 13.3. The van der Waals surface area contributed by atoms with E-state index in [4.69, 9.17) is 0 Å². The van der Waals surface area contributed by atoms with Gasteiger partial charge < -0.3 is 0 Å². The van der Waals surface area contributed by atoms with E-state index in [-0.39, 0.29) is 11.7 Å². The minimum atomic E-state index is -0.298. The smallest absolute Gasteiger partial charge is 0.257 e. The van der Waals surface area contributed by atoms with Gasteiger partial charge in [0.2, 0.25) is 0 Å². The lowest BCUT2D eigenvalue weighted by atomic mass is 10.1. The van der Waals surface area contributed by atoms with E-state index >= 15 is 0 Å². The summed E-state index contributed by atoms with van der Waals surface area (Å²) in [7, 11) is 0. The lowest BCUT2D eigenvalue weighted by Gasteiger charge is -2.02. The summed E-state index contributed by atoms with van der Waals surface area (Å²) in [6.45, 7) is 1.94. The fraction of sp³-hybridized carbons (Fsp3) is 0.0435. The highest BCUT2D eigenvalue weighted by Gasteiger charge is 2.17. The summed E-state index contributed by atoms with van der Waals surface area (Å²) in [5, 5.41) is 3.40. The first kappa shape index (κ1) is 18.1. The Kier molecular flexibility index (Phi) is 5.00. The molecule has 0 bridgehead atoms. The number of hydrogen-bond acceptors (Lipinski definition) is 3. The van der Waals surface area contributed by atoms with Gasteiger partial charge in [-0.05, 0) is 48.9 Å². The molecule has 0 spiro atoms. The van der Waals surface area contributed by atoms with Crippen molar-refractivity contribution in [2.75, 3.05) is 5.32 Å². The third-order valence-corrected chi connectivity index (χ3v) is 5.30. The van der Waals surface area contributed by atoms with Crippen molar-refractivity contribution < 1.29 is 9.18 Å². The Morgan fingerprint density at radius 3 is 2.39 bits per heavy atom. The Hall–Kier alpha value is -3.31. The first-order valence-electron chi connectivity index (χ1n) is 8.80. The zero-order valence-corrected chi connectivity index (χ0v) is 16.0. The SMILES string of the molecule is Cc1cccc(C(=O)Nc2nc(-c3ccc(F)cc3)c(-c3ccccc3)s2)c1. The number of amides is 1. The summed E-state index contributed by atoms with van der Waals surface area (Å²) in [6, 6.07) is 23.5. The van der Waals surface area contributed by atoms with Crippen molar-refractivity contribution in [2.24, 2.45) is 0 Å². The van der Waals surface area contributed by atoms with E-state index in [0.29, 0.717) is 10.7 Å². The zero-order valence-electron chi connectivity index (χ0n) is 15.1. The fourth-order valence-electron chi connectivity index (χ4n) is 2.92. The van der Waals surface area contributed by atoms with Gasteiger partial charge in [0.25, 0.3) is 5.91 Å². The Morgan fingerprint density at radius 1 is 0.929 bits per heavy atom.